The van der Waals surface area contributed by atoms with Gasteiger partial charge in [-0.3, -0.25) is 0 Å². The summed E-state index contributed by atoms with van der Waals surface area (Å²) in [6.07, 6.45) is 0. The summed E-state index contributed by atoms with van der Waals surface area (Å²) in [6.45, 7) is 1.95. The highest BCUT2D eigenvalue weighted by Gasteiger charge is 2.07. The Balaban J connectivity index is 2.16. The lowest BCUT2D eigenvalue weighted by Crippen LogP contribution is -1.88. The third-order valence-electron chi connectivity index (χ3n) is 2.75. The molecule has 18 heavy (non-hydrogen) atoms. The summed E-state index contributed by atoms with van der Waals surface area (Å²) in [5.74, 6) is 0.780. The van der Waals surface area contributed by atoms with Gasteiger partial charge in [0.2, 0.25) is 0 Å². The average molecular weight is 303 g/mol. The van der Waals surface area contributed by atoms with Gasteiger partial charge in [0.15, 0.2) is 5.65 Å². The van der Waals surface area contributed by atoms with Crippen molar-refractivity contribution < 1.29 is 0 Å². The number of nitrogens with one attached hydrogen (secondary N) is 1. The SMILES string of the molecule is Cc1ccc2[nH]c(-c3ccc(Br)c(N)c3)nc2n1. The molecule has 0 amide bonds. The number of aryl methyl sites for hydroxylation is 1. The van der Waals surface area contributed by atoms with Gasteiger partial charge in [0.05, 0.1) is 5.52 Å². The second kappa shape index (κ2) is 4.10. The van der Waals surface area contributed by atoms with Crippen LogP contribution in [0, 0.1) is 6.92 Å². The monoisotopic (exact) mass is 302 g/mol. The van der Waals surface area contributed by atoms with Crippen LogP contribution in [0.25, 0.3) is 22.6 Å². The Bertz CT molecular complexity index is 733. The van der Waals surface area contributed by atoms with E-state index in [1.54, 1.807) is 0 Å². The summed E-state index contributed by atoms with van der Waals surface area (Å²) in [4.78, 5) is 12.1. The Morgan fingerprint density at radius 1 is 1.17 bits per heavy atom. The number of hydrogen-bond donors (Lipinski definition) is 2. The Labute approximate surface area is 112 Å². The number of nitrogen functional groups attached to an aromatic ring is 1. The third kappa shape index (κ3) is 1.86. The van der Waals surface area contributed by atoms with E-state index in [9.17, 15) is 0 Å². The van der Waals surface area contributed by atoms with Gasteiger partial charge in [0.25, 0.3) is 0 Å². The predicted molar refractivity (Wildman–Crippen MR) is 76.2 cm³/mol. The number of anilines is 1. The normalized spacial score (nSPS) is 11.0. The number of nitrogens with zero attached hydrogens (tertiary/aromatic N) is 2. The van der Waals surface area contributed by atoms with Gasteiger partial charge < -0.3 is 10.7 Å². The molecule has 4 nitrogen and oxygen atoms in total. The molecule has 3 aromatic rings. The first kappa shape index (κ1) is 11.2. The number of imidazole rings is 1. The average Bonchev–Trinajstić information content (AvgIpc) is 2.75. The summed E-state index contributed by atoms with van der Waals surface area (Å²) < 4.78 is 0.885. The number of fused-ring (bicyclic) bond motifs is 1. The fourth-order valence-corrected chi connectivity index (χ4v) is 2.06. The smallest absolute Gasteiger partial charge is 0.178 e. The lowest BCUT2D eigenvalue weighted by atomic mass is 10.2. The van der Waals surface area contributed by atoms with Crippen molar-refractivity contribution in [2.24, 2.45) is 0 Å². The highest BCUT2D eigenvalue weighted by atomic mass is 79.9. The van der Waals surface area contributed by atoms with Crippen LogP contribution in [0.5, 0.6) is 0 Å². The molecular formula is C13H11BrN4. The maximum atomic E-state index is 5.87. The minimum Gasteiger partial charge on any atom is -0.398 e. The number of nitrogens with two attached hydrogens (primary N) is 1. The van der Waals surface area contributed by atoms with E-state index >= 15 is 0 Å². The predicted octanol–water partition coefficient (Wildman–Crippen LogP) is 3.28. The molecule has 0 atom stereocenters. The highest BCUT2D eigenvalue weighted by Crippen LogP contribution is 2.26. The summed E-state index contributed by atoms with van der Waals surface area (Å²) in [7, 11) is 0. The van der Waals surface area contributed by atoms with Crippen LogP contribution in [0.1, 0.15) is 5.69 Å². The van der Waals surface area contributed by atoms with Crippen molar-refractivity contribution in [3.05, 3.63) is 40.5 Å². The van der Waals surface area contributed by atoms with Crippen molar-refractivity contribution >= 4 is 32.8 Å². The number of halogens is 1. The third-order valence-corrected chi connectivity index (χ3v) is 3.48. The fourth-order valence-electron chi connectivity index (χ4n) is 1.81. The molecule has 0 aliphatic rings. The van der Waals surface area contributed by atoms with Crippen molar-refractivity contribution in [1.82, 2.24) is 15.0 Å². The molecule has 0 spiro atoms. The van der Waals surface area contributed by atoms with Crippen molar-refractivity contribution in [1.29, 1.82) is 0 Å². The van der Waals surface area contributed by atoms with Gasteiger partial charge in [-0.15, -0.1) is 0 Å². The van der Waals surface area contributed by atoms with E-state index in [1.165, 1.54) is 0 Å². The minimum absolute atomic E-state index is 0.692. The number of aromatic nitrogens is 3. The van der Waals surface area contributed by atoms with Gasteiger partial charge in [-0.1, -0.05) is 0 Å². The first-order valence-electron chi connectivity index (χ1n) is 5.52. The van der Waals surface area contributed by atoms with Gasteiger partial charge >= 0.3 is 0 Å². The zero-order valence-corrected chi connectivity index (χ0v) is 11.3. The van der Waals surface area contributed by atoms with Crippen LogP contribution in [-0.4, -0.2) is 15.0 Å². The van der Waals surface area contributed by atoms with Crippen molar-refractivity contribution in [2.45, 2.75) is 6.92 Å². The Morgan fingerprint density at radius 3 is 2.78 bits per heavy atom. The molecule has 0 bridgehead atoms. The summed E-state index contributed by atoms with van der Waals surface area (Å²) >= 11 is 3.38. The van der Waals surface area contributed by atoms with Gasteiger partial charge in [-0.25, -0.2) is 9.97 Å². The van der Waals surface area contributed by atoms with Crippen molar-refractivity contribution in [2.75, 3.05) is 5.73 Å². The van der Waals surface area contributed by atoms with Crippen LogP contribution in [-0.2, 0) is 0 Å². The summed E-state index contributed by atoms with van der Waals surface area (Å²) in [6, 6.07) is 9.70. The second-order valence-electron chi connectivity index (χ2n) is 4.15. The van der Waals surface area contributed by atoms with Crippen LogP contribution in [0.2, 0.25) is 0 Å². The van der Waals surface area contributed by atoms with E-state index in [0.717, 1.165) is 32.7 Å². The molecule has 3 rings (SSSR count). The molecule has 0 radical (unpaired) electrons. The molecule has 0 fully saturated rings. The van der Waals surface area contributed by atoms with E-state index < -0.39 is 0 Å². The van der Waals surface area contributed by atoms with Crippen LogP contribution in [0.15, 0.2) is 34.8 Å². The lowest BCUT2D eigenvalue weighted by molar-refractivity contribution is 1.22. The molecule has 5 heteroatoms. The zero-order chi connectivity index (χ0) is 12.7. The number of benzene rings is 1. The number of rotatable bonds is 1. The van der Waals surface area contributed by atoms with Crippen molar-refractivity contribution in [3.8, 4) is 11.4 Å². The molecule has 2 aromatic heterocycles. The largest absolute Gasteiger partial charge is 0.398 e. The van der Waals surface area contributed by atoms with Gasteiger partial charge in [-0.05, 0) is 53.2 Å². The van der Waals surface area contributed by atoms with Gasteiger partial charge in [0, 0.05) is 21.4 Å². The summed E-state index contributed by atoms with van der Waals surface area (Å²) in [5.41, 5.74) is 10.1. The topological polar surface area (TPSA) is 67.6 Å². The highest BCUT2D eigenvalue weighted by molar-refractivity contribution is 9.10. The molecule has 0 aliphatic carbocycles. The molecule has 3 N–H and O–H groups in total. The molecule has 0 aliphatic heterocycles. The van der Waals surface area contributed by atoms with E-state index in [2.05, 4.69) is 30.9 Å². The lowest BCUT2D eigenvalue weighted by Gasteiger charge is -2.00. The van der Waals surface area contributed by atoms with E-state index in [4.69, 9.17) is 5.73 Å². The Hall–Kier alpha value is -1.88. The van der Waals surface area contributed by atoms with E-state index in [0.29, 0.717) is 5.69 Å². The van der Waals surface area contributed by atoms with Crippen LogP contribution in [0.4, 0.5) is 5.69 Å². The van der Waals surface area contributed by atoms with Crippen LogP contribution < -0.4 is 5.73 Å². The molecule has 0 unspecified atom stereocenters. The number of aromatic amines is 1. The quantitative estimate of drug-likeness (QED) is 0.678. The standard InChI is InChI=1S/C13H11BrN4/c1-7-2-5-11-13(16-7)18-12(17-11)8-3-4-9(14)10(15)6-8/h2-6H,15H2,1H3,(H,16,17,18). The second-order valence-corrected chi connectivity index (χ2v) is 5.00. The van der Waals surface area contributed by atoms with Gasteiger partial charge in [0.1, 0.15) is 5.82 Å². The van der Waals surface area contributed by atoms with Crippen LogP contribution >= 0.6 is 15.9 Å². The van der Waals surface area contributed by atoms with Crippen LogP contribution in [0.3, 0.4) is 0 Å². The molecule has 1 aromatic carbocycles. The maximum Gasteiger partial charge on any atom is 0.178 e. The number of H-pyrrole nitrogens is 1. The van der Waals surface area contributed by atoms with E-state index in [-0.39, 0.29) is 0 Å². The van der Waals surface area contributed by atoms with E-state index in [1.807, 2.05) is 37.3 Å². The van der Waals surface area contributed by atoms with Gasteiger partial charge in [-0.2, -0.15) is 0 Å². The molecule has 2 heterocycles. The molecule has 0 saturated heterocycles. The van der Waals surface area contributed by atoms with Crippen molar-refractivity contribution in [3.63, 3.8) is 0 Å². The first-order chi connectivity index (χ1) is 8.63. The maximum absolute atomic E-state index is 5.87. The summed E-state index contributed by atoms with van der Waals surface area (Å²) in [5, 5.41) is 0. The number of pyridine rings is 1. The molecule has 0 saturated carbocycles. The zero-order valence-electron chi connectivity index (χ0n) is 9.74. The Morgan fingerprint density at radius 2 is 2.00 bits per heavy atom. The first-order valence-corrected chi connectivity index (χ1v) is 6.31. The number of hydrogen-bond acceptors (Lipinski definition) is 3. The Kier molecular flexibility index (Phi) is 2.56. The fraction of sp³-hybridized carbons (Fsp3) is 0.0769. The molecular weight excluding hydrogens is 292 g/mol. The minimum atomic E-state index is 0.692. The molecule has 90 valence electrons.